The van der Waals surface area contributed by atoms with Crippen molar-refractivity contribution in [1.82, 2.24) is 0 Å². The van der Waals surface area contributed by atoms with Crippen molar-refractivity contribution in [1.29, 1.82) is 0 Å². The number of nitrogens with zero attached hydrogens (tertiary/aromatic N) is 1. The highest BCUT2D eigenvalue weighted by Gasteiger charge is 2.47. The Morgan fingerprint density at radius 3 is 2.85 bits per heavy atom. The van der Waals surface area contributed by atoms with Crippen molar-refractivity contribution in [3.63, 3.8) is 0 Å². The van der Waals surface area contributed by atoms with Crippen LogP contribution in [0.3, 0.4) is 0 Å². The third kappa shape index (κ3) is 2.07. The van der Waals surface area contributed by atoms with Gasteiger partial charge in [0.15, 0.2) is 0 Å². The summed E-state index contributed by atoms with van der Waals surface area (Å²) in [6, 6.07) is 10.0. The minimum Gasteiger partial charge on any atom is -0.465 e. The maximum absolute atomic E-state index is 12.4. The van der Waals surface area contributed by atoms with Crippen LogP contribution in [0.4, 0.5) is 0 Å². The number of fused-ring (bicyclic) bond motifs is 1. The first-order valence-corrected chi connectivity index (χ1v) is 7.30. The van der Waals surface area contributed by atoms with E-state index in [0.29, 0.717) is 6.61 Å². The molecule has 0 N–H and O–H groups in total. The number of carbonyl (C=O) groups is 1. The second-order valence-corrected chi connectivity index (χ2v) is 5.35. The molecule has 3 nitrogen and oxygen atoms in total. The van der Waals surface area contributed by atoms with Crippen LogP contribution >= 0.6 is 0 Å². The third-order valence-electron chi connectivity index (χ3n) is 4.10. The van der Waals surface area contributed by atoms with Crippen molar-refractivity contribution in [2.75, 3.05) is 6.61 Å². The number of hydrogen-bond acceptors (Lipinski definition) is 3. The van der Waals surface area contributed by atoms with Crippen LogP contribution in [0.2, 0.25) is 0 Å². The van der Waals surface area contributed by atoms with Gasteiger partial charge in [-0.05, 0) is 37.8 Å². The van der Waals surface area contributed by atoms with Gasteiger partial charge in [-0.3, -0.25) is 9.79 Å². The molecule has 1 fully saturated rings. The molecule has 3 heteroatoms. The minimum absolute atomic E-state index is 0.135. The van der Waals surface area contributed by atoms with Gasteiger partial charge in [0, 0.05) is 5.71 Å². The lowest BCUT2D eigenvalue weighted by molar-refractivity contribution is -0.149. The molecule has 0 spiro atoms. The topological polar surface area (TPSA) is 38.7 Å². The van der Waals surface area contributed by atoms with Crippen LogP contribution in [-0.2, 0) is 9.53 Å². The van der Waals surface area contributed by atoms with E-state index in [1.807, 2.05) is 43.3 Å². The third-order valence-corrected chi connectivity index (χ3v) is 4.10. The van der Waals surface area contributed by atoms with E-state index in [-0.39, 0.29) is 5.97 Å². The fourth-order valence-corrected chi connectivity index (χ4v) is 3.08. The van der Waals surface area contributed by atoms with Crippen LogP contribution in [0.5, 0.6) is 0 Å². The first-order chi connectivity index (χ1) is 9.76. The molecule has 1 unspecified atom stereocenters. The van der Waals surface area contributed by atoms with Gasteiger partial charge in [-0.15, -0.1) is 0 Å². The second kappa shape index (κ2) is 5.23. The quantitative estimate of drug-likeness (QED) is 0.786. The van der Waals surface area contributed by atoms with E-state index in [4.69, 9.17) is 9.73 Å². The molecule has 0 amide bonds. The SMILES string of the molecule is CCOC(=O)C12C=C(c3ccccc3)N=C1CCCC2. The van der Waals surface area contributed by atoms with E-state index < -0.39 is 5.41 Å². The lowest BCUT2D eigenvalue weighted by Crippen LogP contribution is -2.39. The van der Waals surface area contributed by atoms with Gasteiger partial charge < -0.3 is 4.74 Å². The molecule has 0 aromatic heterocycles. The Labute approximate surface area is 119 Å². The van der Waals surface area contributed by atoms with Crippen molar-refractivity contribution in [2.24, 2.45) is 10.4 Å². The molecule has 0 saturated heterocycles. The van der Waals surface area contributed by atoms with Crippen LogP contribution < -0.4 is 0 Å². The monoisotopic (exact) mass is 269 g/mol. The summed E-state index contributed by atoms with van der Waals surface area (Å²) in [7, 11) is 0. The van der Waals surface area contributed by atoms with Gasteiger partial charge in [0.05, 0.1) is 12.3 Å². The van der Waals surface area contributed by atoms with Crippen molar-refractivity contribution >= 4 is 17.4 Å². The highest BCUT2D eigenvalue weighted by molar-refractivity contribution is 6.14. The molecule has 0 radical (unpaired) electrons. The van der Waals surface area contributed by atoms with E-state index in [9.17, 15) is 4.79 Å². The summed E-state index contributed by atoms with van der Waals surface area (Å²) in [5, 5.41) is 0. The lowest BCUT2D eigenvalue weighted by Gasteiger charge is -2.30. The summed E-state index contributed by atoms with van der Waals surface area (Å²) < 4.78 is 5.31. The van der Waals surface area contributed by atoms with E-state index in [0.717, 1.165) is 42.7 Å². The van der Waals surface area contributed by atoms with E-state index >= 15 is 0 Å². The van der Waals surface area contributed by atoms with E-state index in [1.165, 1.54) is 0 Å². The highest BCUT2D eigenvalue weighted by atomic mass is 16.5. The Balaban J connectivity index is 2.01. The Morgan fingerprint density at radius 2 is 2.10 bits per heavy atom. The Bertz CT molecular complexity index is 574. The smallest absolute Gasteiger partial charge is 0.321 e. The standard InChI is InChI=1S/C17H19NO2/c1-2-20-16(19)17-11-7-6-10-15(17)18-14(12-17)13-8-4-3-5-9-13/h3-5,8-9,12H,2,6-7,10-11H2,1H3. The zero-order chi connectivity index (χ0) is 14.0. The van der Waals surface area contributed by atoms with Crippen molar-refractivity contribution in [3.8, 4) is 0 Å². The Hall–Kier alpha value is -1.90. The number of esters is 1. The van der Waals surface area contributed by atoms with Gasteiger partial charge in [-0.25, -0.2) is 0 Å². The normalized spacial score (nSPS) is 24.6. The van der Waals surface area contributed by atoms with Crippen LogP contribution in [-0.4, -0.2) is 18.3 Å². The first kappa shape index (κ1) is 13.1. The maximum atomic E-state index is 12.4. The summed E-state index contributed by atoms with van der Waals surface area (Å²) in [5.74, 6) is -0.135. The van der Waals surface area contributed by atoms with Crippen LogP contribution in [0.1, 0.15) is 38.2 Å². The van der Waals surface area contributed by atoms with Gasteiger partial charge in [-0.2, -0.15) is 0 Å². The van der Waals surface area contributed by atoms with Gasteiger partial charge in [0.25, 0.3) is 0 Å². The first-order valence-electron chi connectivity index (χ1n) is 7.30. The zero-order valence-electron chi connectivity index (χ0n) is 11.8. The van der Waals surface area contributed by atoms with Crippen LogP contribution in [0.25, 0.3) is 5.70 Å². The van der Waals surface area contributed by atoms with Crippen molar-refractivity contribution < 1.29 is 9.53 Å². The molecule has 1 aliphatic carbocycles. The predicted octanol–water partition coefficient (Wildman–Crippen LogP) is 3.61. The molecule has 0 bridgehead atoms. The molecule has 2 aliphatic rings. The number of benzene rings is 1. The minimum atomic E-state index is -0.598. The van der Waals surface area contributed by atoms with Gasteiger partial charge in [-0.1, -0.05) is 36.8 Å². The molecular weight excluding hydrogens is 250 g/mol. The zero-order valence-corrected chi connectivity index (χ0v) is 11.8. The van der Waals surface area contributed by atoms with Gasteiger partial charge in [0.2, 0.25) is 0 Å². The second-order valence-electron chi connectivity index (χ2n) is 5.35. The molecule has 104 valence electrons. The molecule has 1 aromatic rings. The summed E-state index contributed by atoms with van der Waals surface area (Å²) >= 11 is 0. The van der Waals surface area contributed by atoms with Crippen LogP contribution in [0.15, 0.2) is 41.4 Å². The van der Waals surface area contributed by atoms with E-state index in [2.05, 4.69) is 0 Å². The lowest BCUT2D eigenvalue weighted by atomic mass is 9.73. The molecule has 3 rings (SSSR count). The summed E-state index contributed by atoms with van der Waals surface area (Å²) in [5.41, 5.74) is 2.37. The Kier molecular flexibility index (Phi) is 3.43. The average Bonchev–Trinajstić information content (AvgIpc) is 2.89. The molecule has 1 atom stereocenters. The number of aliphatic imine (C=N–C) groups is 1. The molecular formula is C17H19NO2. The fraction of sp³-hybridized carbons (Fsp3) is 0.412. The molecule has 1 aromatic carbocycles. The van der Waals surface area contributed by atoms with Crippen molar-refractivity contribution in [3.05, 3.63) is 42.0 Å². The largest absolute Gasteiger partial charge is 0.465 e. The number of carbonyl (C=O) groups excluding carboxylic acids is 1. The molecule has 1 saturated carbocycles. The number of rotatable bonds is 3. The average molecular weight is 269 g/mol. The van der Waals surface area contributed by atoms with Gasteiger partial charge >= 0.3 is 5.97 Å². The number of hydrogen-bond donors (Lipinski definition) is 0. The van der Waals surface area contributed by atoms with Crippen molar-refractivity contribution in [2.45, 2.75) is 32.6 Å². The molecule has 1 aliphatic heterocycles. The van der Waals surface area contributed by atoms with Gasteiger partial charge in [0.1, 0.15) is 5.41 Å². The molecule has 20 heavy (non-hydrogen) atoms. The summed E-state index contributed by atoms with van der Waals surface area (Å²) in [4.78, 5) is 17.2. The van der Waals surface area contributed by atoms with Crippen LogP contribution in [0, 0.1) is 5.41 Å². The molecule has 1 heterocycles. The highest BCUT2D eigenvalue weighted by Crippen LogP contribution is 2.44. The predicted molar refractivity (Wildman–Crippen MR) is 79.4 cm³/mol. The fourth-order valence-electron chi connectivity index (χ4n) is 3.08. The summed E-state index contributed by atoms with van der Waals surface area (Å²) in [6.45, 7) is 2.27. The maximum Gasteiger partial charge on any atom is 0.321 e. The number of ether oxygens (including phenoxy) is 1. The van der Waals surface area contributed by atoms with E-state index in [1.54, 1.807) is 0 Å². The summed E-state index contributed by atoms with van der Waals surface area (Å²) in [6.07, 6.45) is 5.90. The Morgan fingerprint density at radius 1 is 1.30 bits per heavy atom.